The molecule has 4 rings (SSSR count). The Morgan fingerprint density at radius 3 is 2.57 bits per heavy atom. The maximum atomic E-state index is 12.7. The van der Waals surface area contributed by atoms with Crippen molar-refractivity contribution in [2.24, 2.45) is 0 Å². The van der Waals surface area contributed by atoms with Crippen molar-refractivity contribution in [2.75, 3.05) is 37.7 Å². The van der Waals surface area contributed by atoms with Crippen LogP contribution in [0.1, 0.15) is 18.1 Å². The number of carbonyl (C=O) groups excluding carboxylic acids is 2. The first-order valence-electron chi connectivity index (χ1n) is 10.3. The van der Waals surface area contributed by atoms with Gasteiger partial charge in [0.05, 0.1) is 18.9 Å². The average Bonchev–Trinajstić information content (AvgIpc) is 2.77. The normalized spacial score (nSPS) is 19.2. The number of benzene rings is 2. The molecular weight excluding hydrogens is 382 g/mol. The quantitative estimate of drug-likeness (QED) is 0.790. The Labute approximate surface area is 176 Å². The fraction of sp³-hybridized carbons (Fsp3) is 0.391. The molecule has 0 aromatic heterocycles. The molecule has 2 amide bonds. The van der Waals surface area contributed by atoms with Gasteiger partial charge in [-0.1, -0.05) is 36.4 Å². The van der Waals surface area contributed by atoms with Gasteiger partial charge in [0, 0.05) is 26.2 Å². The van der Waals surface area contributed by atoms with Crippen molar-refractivity contribution >= 4 is 17.5 Å². The lowest BCUT2D eigenvalue weighted by atomic mass is 10.1. The lowest BCUT2D eigenvalue weighted by molar-refractivity contribution is -0.128. The Morgan fingerprint density at radius 2 is 1.77 bits per heavy atom. The SMILES string of the molecule is CC1Oc2ccccc2N(CC(=O)NCc2ccccc2CN2CCOCC2)C1=O. The standard InChI is InChI=1S/C23H27N3O4/c1-17-23(28)26(20-8-4-5-9-21(20)30-17)16-22(27)24-14-18-6-2-3-7-19(18)15-25-10-12-29-13-11-25/h2-9,17H,10-16H2,1H3,(H,24,27). The number of hydrogen-bond acceptors (Lipinski definition) is 5. The van der Waals surface area contributed by atoms with Crippen molar-refractivity contribution in [3.8, 4) is 5.75 Å². The number of nitrogens with zero attached hydrogens (tertiary/aromatic N) is 2. The van der Waals surface area contributed by atoms with Gasteiger partial charge in [0.1, 0.15) is 12.3 Å². The van der Waals surface area contributed by atoms with Crippen molar-refractivity contribution in [3.63, 3.8) is 0 Å². The molecule has 0 aliphatic carbocycles. The third-order valence-corrected chi connectivity index (χ3v) is 5.47. The molecule has 1 saturated heterocycles. The third-order valence-electron chi connectivity index (χ3n) is 5.47. The van der Waals surface area contributed by atoms with Gasteiger partial charge in [0.25, 0.3) is 5.91 Å². The predicted octanol–water partition coefficient (Wildman–Crippen LogP) is 1.95. The number of hydrogen-bond donors (Lipinski definition) is 1. The summed E-state index contributed by atoms with van der Waals surface area (Å²) in [6.45, 7) is 6.27. The van der Waals surface area contributed by atoms with Crippen molar-refractivity contribution in [1.29, 1.82) is 0 Å². The second kappa shape index (κ2) is 9.28. The molecule has 2 heterocycles. The highest BCUT2D eigenvalue weighted by molar-refractivity contribution is 6.03. The van der Waals surface area contributed by atoms with Gasteiger partial charge in [0.15, 0.2) is 6.10 Å². The lowest BCUT2D eigenvalue weighted by Gasteiger charge is -2.32. The van der Waals surface area contributed by atoms with Crippen LogP contribution in [0.3, 0.4) is 0 Å². The van der Waals surface area contributed by atoms with E-state index < -0.39 is 6.10 Å². The summed E-state index contributed by atoms with van der Waals surface area (Å²) in [6, 6.07) is 15.4. The van der Waals surface area contributed by atoms with Gasteiger partial charge in [-0.15, -0.1) is 0 Å². The molecule has 7 heteroatoms. The number of fused-ring (bicyclic) bond motifs is 1. The highest BCUT2D eigenvalue weighted by Gasteiger charge is 2.32. The zero-order chi connectivity index (χ0) is 20.9. The number of ether oxygens (including phenoxy) is 2. The van der Waals surface area contributed by atoms with E-state index in [9.17, 15) is 9.59 Å². The van der Waals surface area contributed by atoms with Crippen LogP contribution in [0.15, 0.2) is 48.5 Å². The first-order chi connectivity index (χ1) is 14.6. The van der Waals surface area contributed by atoms with E-state index in [-0.39, 0.29) is 18.4 Å². The molecule has 7 nitrogen and oxygen atoms in total. The van der Waals surface area contributed by atoms with Gasteiger partial charge >= 0.3 is 0 Å². The van der Waals surface area contributed by atoms with E-state index in [0.717, 1.165) is 38.4 Å². The van der Waals surface area contributed by atoms with Gasteiger partial charge in [-0.25, -0.2) is 0 Å². The Kier molecular flexibility index (Phi) is 6.30. The summed E-state index contributed by atoms with van der Waals surface area (Å²) in [7, 11) is 0. The van der Waals surface area contributed by atoms with Crippen LogP contribution in [0.25, 0.3) is 0 Å². The number of para-hydroxylation sites is 2. The van der Waals surface area contributed by atoms with Crippen molar-refractivity contribution in [1.82, 2.24) is 10.2 Å². The summed E-state index contributed by atoms with van der Waals surface area (Å²) < 4.78 is 11.1. The molecule has 0 bridgehead atoms. The van der Waals surface area contributed by atoms with E-state index in [4.69, 9.17) is 9.47 Å². The van der Waals surface area contributed by atoms with Crippen LogP contribution in [-0.4, -0.2) is 55.7 Å². The van der Waals surface area contributed by atoms with E-state index in [2.05, 4.69) is 16.3 Å². The van der Waals surface area contributed by atoms with E-state index in [1.807, 2.05) is 36.4 Å². The lowest BCUT2D eigenvalue weighted by Crippen LogP contribution is -2.48. The fourth-order valence-electron chi connectivity index (χ4n) is 3.80. The fourth-order valence-corrected chi connectivity index (χ4v) is 3.80. The molecule has 158 valence electrons. The monoisotopic (exact) mass is 409 g/mol. The van der Waals surface area contributed by atoms with Gasteiger partial charge in [0.2, 0.25) is 5.91 Å². The number of anilines is 1. The maximum Gasteiger partial charge on any atom is 0.268 e. The highest BCUT2D eigenvalue weighted by Crippen LogP contribution is 2.33. The van der Waals surface area contributed by atoms with Crippen LogP contribution in [0, 0.1) is 0 Å². The molecular formula is C23H27N3O4. The minimum absolute atomic E-state index is 0.0326. The Hall–Kier alpha value is -2.90. The predicted molar refractivity (Wildman–Crippen MR) is 113 cm³/mol. The molecule has 2 aromatic carbocycles. The summed E-state index contributed by atoms with van der Waals surface area (Å²) in [6.07, 6.45) is -0.609. The second-order valence-corrected chi connectivity index (χ2v) is 7.59. The largest absolute Gasteiger partial charge is 0.479 e. The molecule has 2 aliphatic heterocycles. The van der Waals surface area contributed by atoms with Crippen molar-refractivity contribution in [3.05, 3.63) is 59.7 Å². The molecule has 0 saturated carbocycles. The number of amides is 2. The molecule has 1 N–H and O–H groups in total. The Bertz CT molecular complexity index is 911. The zero-order valence-corrected chi connectivity index (χ0v) is 17.2. The van der Waals surface area contributed by atoms with Crippen LogP contribution < -0.4 is 15.0 Å². The zero-order valence-electron chi connectivity index (χ0n) is 17.2. The van der Waals surface area contributed by atoms with Gasteiger partial charge in [-0.05, 0) is 30.2 Å². The molecule has 1 fully saturated rings. The summed E-state index contributed by atoms with van der Waals surface area (Å²) in [5.41, 5.74) is 2.91. The molecule has 30 heavy (non-hydrogen) atoms. The Balaban J connectivity index is 1.39. The van der Waals surface area contributed by atoms with Crippen LogP contribution in [0.4, 0.5) is 5.69 Å². The summed E-state index contributed by atoms with van der Waals surface area (Å²) >= 11 is 0. The van der Waals surface area contributed by atoms with Gasteiger partial charge in [-0.2, -0.15) is 0 Å². The molecule has 1 atom stereocenters. The van der Waals surface area contributed by atoms with Crippen molar-refractivity contribution < 1.29 is 19.1 Å². The minimum Gasteiger partial charge on any atom is -0.479 e. The van der Waals surface area contributed by atoms with E-state index >= 15 is 0 Å². The van der Waals surface area contributed by atoms with Crippen LogP contribution >= 0.6 is 0 Å². The van der Waals surface area contributed by atoms with E-state index in [0.29, 0.717) is 18.0 Å². The number of carbonyl (C=O) groups is 2. The molecule has 0 spiro atoms. The summed E-state index contributed by atoms with van der Waals surface area (Å²) in [4.78, 5) is 29.1. The maximum absolute atomic E-state index is 12.7. The molecule has 0 radical (unpaired) electrons. The molecule has 2 aromatic rings. The third kappa shape index (κ3) is 4.63. The van der Waals surface area contributed by atoms with Crippen LogP contribution in [0.2, 0.25) is 0 Å². The topological polar surface area (TPSA) is 71.1 Å². The smallest absolute Gasteiger partial charge is 0.268 e. The van der Waals surface area contributed by atoms with E-state index in [1.165, 1.54) is 10.5 Å². The summed E-state index contributed by atoms with van der Waals surface area (Å²) in [5, 5.41) is 2.97. The van der Waals surface area contributed by atoms with Crippen LogP contribution in [0.5, 0.6) is 5.75 Å². The minimum atomic E-state index is -0.609. The van der Waals surface area contributed by atoms with Gasteiger partial charge < -0.3 is 14.8 Å². The second-order valence-electron chi connectivity index (χ2n) is 7.59. The van der Waals surface area contributed by atoms with Crippen molar-refractivity contribution in [2.45, 2.75) is 26.1 Å². The number of rotatable bonds is 6. The molecule has 1 unspecified atom stereocenters. The number of morpholine rings is 1. The van der Waals surface area contributed by atoms with E-state index in [1.54, 1.807) is 13.0 Å². The average molecular weight is 409 g/mol. The first-order valence-corrected chi connectivity index (χ1v) is 10.3. The molecule has 2 aliphatic rings. The first kappa shape index (κ1) is 20.4. The Morgan fingerprint density at radius 1 is 1.07 bits per heavy atom. The number of nitrogens with one attached hydrogen (secondary N) is 1. The summed E-state index contributed by atoms with van der Waals surface area (Å²) in [5.74, 6) is 0.207. The highest BCUT2D eigenvalue weighted by atomic mass is 16.5. The van der Waals surface area contributed by atoms with Crippen LogP contribution in [-0.2, 0) is 27.4 Å². The van der Waals surface area contributed by atoms with Gasteiger partial charge in [-0.3, -0.25) is 19.4 Å².